The second-order valence-electron chi connectivity index (χ2n) is 6.98. The van der Waals surface area contributed by atoms with Crippen molar-refractivity contribution >= 4 is 17.5 Å². The van der Waals surface area contributed by atoms with E-state index in [1.807, 2.05) is 11.0 Å². The van der Waals surface area contributed by atoms with Crippen molar-refractivity contribution in [2.24, 2.45) is 0 Å². The number of hydrogen-bond donors (Lipinski definition) is 0. The maximum Gasteiger partial charge on any atom is 0.289 e. The van der Waals surface area contributed by atoms with Gasteiger partial charge >= 0.3 is 0 Å². The molecule has 3 heterocycles. The third-order valence-corrected chi connectivity index (χ3v) is 4.91. The van der Waals surface area contributed by atoms with Crippen LogP contribution in [0.4, 0.5) is 5.69 Å². The van der Waals surface area contributed by atoms with Gasteiger partial charge in [0.1, 0.15) is 0 Å². The highest BCUT2D eigenvalue weighted by molar-refractivity contribution is 5.95. The topological polar surface area (TPSA) is 69.9 Å². The number of furan rings is 1. The molecule has 1 aliphatic heterocycles. The van der Waals surface area contributed by atoms with E-state index in [0.29, 0.717) is 37.5 Å². The van der Waals surface area contributed by atoms with Crippen molar-refractivity contribution in [3.8, 4) is 0 Å². The Labute approximate surface area is 165 Å². The molecule has 0 spiro atoms. The highest BCUT2D eigenvalue weighted by Crippen LogP contribution is 2.19. The van der Waals surface area contributed by atoms with E-state index in [2.05, 4.69) is 23.7 Å². The predicted molar refractivity (Wildman–Crippen MR) is 108 cm³/mol. The molecule has 1 aliphatic rings. The zero-order valence-corrected chi connectivity index (χ0v) is 16.6. The van der Waals surface area contributed by atoms with Gasteiger partial charge in [0.15, 0.2) is 5.76 Å². The first kappa shape index (κ1) is 19.9. The van der Waals surface area contributed by atoms with Crippen LogP contribution in [0.3, 0.4) is 0 Å². The third-order valence-electron chi connectivity index (χ3n) is 4.91. The van der Waals surface area contributed by atoms with Gasteiger partial charge in [-0.05, 0) is 31.0 Å². The molecule has 0 N–H and O–H groups in total. The number of carbonyl (C=O) groups excluding carboxylic acids is 2. The van der Waals surface area contributed by atoms with Gasteiger partial charge in [0, 0.05) is 45.5 Å². The van der Waals surface area contributed by atoms with E-state index >= 15 is 0 Å². The summed E-state index contributed by atoms with van der Waals surface area (Å²) in [6.45, 7) is 8.26. The average Bonchev–Trinajstić information content (AvgIpc) is 3.28. The predicted octanol–water partition coefficient (Wildman–Crippen LogP) is 2.90. The lowest BCUT2D eigenvalue weighted by atomic mass is 10.2. The number of aromatic nitrogens is 1. The Morgan fingerprint density at radius 2 is 1.82 bits per heavy atom. The molecular weight excluding hydrogens is 356 g/mol. The van der Waals surface area contributed by atoms with Crippen molar-refractivity contribution in [3.05, 3.63) is 48.2 Å². The smallest absolute Gasteiger partial charge is 0.289 e. The molecule has 7 nitrogen and oxygen atoms in total. The lowest BCUT2D eigenvalue weighted by Crippen LogP contribution is -2.48. The Hall–Kier alpha value is -2.83. The Morgan fingerprint density at radius 3 is 2.43 bits per heavy atom. The van der Waals surface area contributed by atoms with Crippen molar-refractivity contribution in [1.29, 1.82) is 0 Å². The van der Waals surface area contributed by atoms with Crippen molar-refractivity contribution < 1.29 is 14.0 Å². The van der Waals surface area contributed by atoms with Crippen LogP contribution in [0, 0.1) is 0 Å². The Balaban J connectivity index is 1.64. The van der Waals surface area contributed by atoms with E-state index in [4.69, 9.17) is 4.42 Å². The number of anilines is 1. The fraction of sp³-hybridized carbons (Fsp3) is 0.476. The molecule has 0 unspecified atom stereocenters. The number of rotatable bonds is 7. The van der Waals surface area contributed by atoms with Gasteiger partial charge < -0.3 is 19.1 Å². The summed E-state index contributed by atoms with van der Waals surface area (Å²) >= 11 is 0. The molecule has 1 saturated heterocycles. The fourth-order valence-corrected chi connectivity index (χ4v) is 3.48. The molecule has 28 heavy (non-hydrogen) atoms. The van der Waals surface area contributed by atoms with E-state index in [9.17, 15) is 9.59 Å². The largest absolute Gasteiger partial charge is 0.459 e. The summed E-state index contributed by atoms with van der Waals surface area (Å²) in [6.07, 6.45) is 6.80. The summed E-state index contributed by atoms with van der Waals surface area (Å²) in [5.74, 6) is 0.320. The van der Waals surface area contributed by atoms with Crippen LogP contribution >= 0.6 is 0 Å². The zero-order valence-electron chi connectivity index (χ0n) is 16.6. The molecule has 0 radical (unpaired) electrons. The zero-order chi connectivity index (χ0) is 19.9. The molecule has 0 aliphatic carbocycles. The van der Waals surface area contributed by atoms with Gasteiger partial charge in [-0.15, -0.1) is 0 Å². The van der Waals surface area contributed by atoms with Gasteiger partial charge in [0.2, 0.25) is 0 Å². The van der Waals surface area contributed by atoms with E-state index in [-0.39, 0.29) is 11.8 Å². The Bertz CT molecular complexity index is 777. The molecule has 3 rings (SSSR count). The first-order valence-electron chi connectivity index (χ1n) is 9.96. The van der Waals surface area contributed by atoms with Crippen LogP contribution < -0.4 is 4.90 Å². The SMILES string of the molecule is CCCN(CCC)C(=O)c1cncc(N2CCN(C(=O)c3ccco3)CC2)c1. The standard InChI is InChI=1S/C21H28N4O3/c1-3-7-24(8-4-2)20(26)17-14-18(16-22-15-17)23-9-11-25(12-10-23)21(27)19-6-5-13-28-19/h5-6,13-16H,3-4,7-12H2,1-2H3. The Morgan fingerprint density at radius 1 is 1.11 bits per heavy atom. The fourth-order valence-electron chi connectivity index (χ4n) is 3.48. The summed E-state index contributed by atoms with van der Waals surface area (Å²) in [7, 11) is 0. The number of amides is 2. The Kier molecular flexibility index (Phi) is 6.68. The molecule has 2 aromatic heterocycles. The van der Waals surface area contributed by atoms with Gasteiger partial charge in [-0.2, -0.15) is 0 Å². The van der Waals surface area contributed by atoms with Gasteiger partial charge in [0.05, 0.1) is 23.7 Å². The number of hydrogen-bond acceptors (Lipinski definition) is 5. The van der Waals surface area contributed by atoms with E-state index < -0.39 is 0 Å². The van der Waals surface area contributed by atoms with Crippen LogP contribution in [0.15, 0.2) is 41.3 Å². The van der Waals surface area contributed by atoms with E-state index in [1.165, 1.54) is 6.26 Å². The third kappa shape index (κ3) is 4.52. The molecule has 2 aromatic rings. The molecule has 7 heteroatoms. The molecule has 1 fully saturated rings. The molecule has 0 atom stereocenters. The quantitative estimate of drug-likeness (QED) is 0.734. The lowest BCUT2D eigenvalue weighted by molar-refractivity contribution is 0.0714. The summed E-state index contributed by atoms with van der Waals surface area (Å²) in [5, 5.41) is 0. The molecule has 150 valence electrons. The van der Waals surface area contributed by atoms with Crippen LogP contribution in [0.25, 0.3) is 0 Å². The molecule has 0 saturated carbocycles. The highest BCUT2D eigenvalue weighted by Gasteiger charge is 2.24. The summed E-state index contributed by atoms with van der Waals surface area (Å²) in [6, 6.07) is 5.32. The summed E-state index contributed by atoms with van der Waals surface area (Å²) in [4.78, 5) is 35.4. The van der Waals surface area contributed by atoms with Crippen molar-refractivity contribution in [2.45, 2.75) is 26.7 Å². The van der Waals surface area contributed by atoms with Crippen molar-refractivity contribution in [1.82, 2.24) is 14.8 Å². The van der Waals surface area contributed by atoms with Crippen LogP contribution in [0.2, 0.25) is 0 Å². The van der Waals surface area contributed by atoms with Crippen LogP contribution in [0.1, 0.15) is 47.6 Å². The minimum Gasteiger partial charge on any atom is -0.459 e. The minimum absolute atomic E-state index is 0.0321. The number of pyridine rings is 1. The number of carbonyl (C=O) groups is 2. The van der Waals surface area contributed by atoms with E-state index in [0.717, 1.165) is 31.6 Å². The first-order valence-corrected chi connectivity index (χ1v) is 9.96. The second-order valence-corrected chi connectivity index (χ2v) is 6.98. The maximum absolute atomic E-state index is 12.8. The lowest BCUT2D eigenvalue weighted by Gasteiger charge is -2.35. The molecular formula is C21H28N4O3. The van der Waals surface area contributed by atoms with Crippen LogP contribution in [-0.2, 0) is 0 Å². The second kappa shape index (κ2) is 9.39. The number of piperazine rings is 1. The maximum atomic E-state index is 12.8. The molecule has 0 bridgehead atoms. The van der Waals surface area contributed by atoms with Crippen LogP contribution in [-0.4, -0.2) is 65.9 Å². The summed E-state index contributed by atoms with van der Waals surface area (Å²) in [5.41, 5.74) is 1.54. The van der Waals surface area contributed by atoms with Crippen molar-refractivity contribution in [3.63, 3.8) is 0 Å². The molecule has 2 amide bonds. The monoisotopic (exact) mass is 384 g/mol. The van der Waals surface area contributed by atoms with Gasteiger partial charge in [-0.25, -0.2) is 0 Å². The van der Waals surface area contributed by atoms with Gasteiger partial charge in [0.25, 0.3) is 11.8 Å². The normalized spacial score (nSPS) is 14.2. The van der Waals surface area contributed by atoms with Crippen LogP contribution in [0.5, 0.6) is 0 Å². The van der Waals surface area contributed by atoms with Gasteiger partial charge in [-0.3, -0.25) is 14.6 Å². The van der Waals surface area contributed by atoms with Gasteiger partial charge in [-0.1, -0.05) is 13.8 Å². The van der Waals surface area contributed by atoms with Crippen molar-refractivity contribution in [2.75, 3.05) is 44.2 Å². The van der Waals surface area contributed by atoms with E-state index in [1.54, 1.807) is 29.4 Å². The summed E-state index contributed by atoms with van der Waals surface area (Å²) < 4.78 is 5.21. The minimum atomic E-state index is -0.0820. The number of nitrogens with zero attached hydrogens (tertiary/aromatic N) is 4. The first-order chi connectivity index (χ1) is 13.6. The molecule has 0 aromatic carbocycles. The highest BCUT2D eigenvalue weighted by atomic mass is 16.3. The average molecular weight is 384 g/mol.